The van der Waals surface area contributed by atoms with E-state index in [0.29, 0.717) is 18.4 Å². The van der Waals surface area contributed by atoms with Crippen LogP contribution >= 0.6 is 0 Å². The number of hydrogen-bond donors (Lipinski definition) is 2. The minimum atomic E-state index is -3.57. The standard InChI is InChI=1S/C15H20N2O3S/c1-2-12(7-9-18)10-17-21(19,20)15-5-3-4-13-11-16-8-6-14(13)15/h3-6,8,11-12,17-18H,2,7,9-10H2,1H3. The summed E-state index contributed by atoms with van der Waals surface area (Å²) in [4.78, 5) is 4.27. The van der Waals surface area contributed by atoms with Crippen LogP contribution in [0, 0.1) is 5.92 Å². The summed E-state index contributed by atoms with van der Waals surface area (Å²) in [5.41, 5.74) is 0. The average molecular weight is 308 g/mol. The summed E-state index contributed by atoms with van der Waals surface area (Å²) in [6.07, 6.45) is 4.65. The third-order valence-electron chi connectivity index (χ3n) is 3.61. The molecule has 0 saturated heterocycles. The summed E-state index contributed by atoms with van der Waals surface area (Å²) in [7, 11) is -3.57. The van der Waals surface area contributed by atoms with E-state index in [1.165, 1.54) is 0 Å². The Labute approximate surface area is 125 Å². The summed E-state index contributed by atoms with van der Waals surface area (Å²) in [5.74, 6) is 0.140. The van der Waals surface area contributed by atoms with Gasteiger partial charge in [0.25, 0.3) is 0 Å². The van der Waals surface area contributed by atoms with Crippen LogP contribution in [0.1, 0.15) is 19.8 Å². The minimum absolute atomic E-state index is 0.0696. The maximum absolute atomic E-state index is 12.5. The van der Waals surface area contributed by atoms with Gasteiger partial charge < -0.3 is 5.11 Å². The lowest BCUT2D eigenvalue weighted by molar-refractivity contribution is 0.254. The van der Waals surface area contributed by atoms with E-state index in [9.17, 15) is 8.42 Å². The largest absolute Gasteiger partial charge is 0.396 e. The maximum atomic E-state index is 12.5. The zero-order valence-corrected chi connectivity index (χ0v) is 12.8. The Bertz CT molecular complexity index is 696. The molecule has 2 aromatic rings. The molecule has 0 spiro atoms. The Morgan fingerprint density at radius 1 is 1.33 bits per heavy atom. The number of pyridine rings is 1. The van der Waals surface area contributed by atoms with Gasteiger partial charge in [0, 0.05) is 36.3 Å². The van der Waals surface area contributed by atoms with Crippen LogP contribution in [0.25, 0.3) is 10.8 Å². The van der Waals surface area contributed by atoms with Gasteiger partial charge in [-0.05, 0) is 24.5 Å². The number of hydrogen-bond acceptors (Lipinski definition) is 4. The topological polar surface area (TPSA) is 79.3 Å². The normalized spacial score (nSPS) is 13.4. The zero-order valence-electron chi connectivity index (χ0n) is 12.0. The van der Waals surface area contributed by atoms with Crippen LogP contribution in [-0.4, -0.2) is 31.7 Å². The Kier molecular flexibility index (Phi) is 5.27. The highest BCUT2D eigenvalue weighted by molar-refractivity contribution is 7.89. The molecule has 0 radical (unpaired) electrons. The third kappa shape index (κ3) is 3.78. The Balaban J connectivity index is 2.26. The third-order valence-corrected chi connectivity index (χ3v) is 5.09. The highest BCUT2D eigenvalue weighted by Gasteiger charge is 2.18. The summed E-state index contributed by atoms with van der Waals surface area (Å²) in [6, 6.07) is 6.85. The van der Waals surface area contributed by atoms with Crippen molar-refractivity contribution in [3.63, 3.8) is 0 Å². The number of benzene rings is 1. The van der Waals surface area contributed by atoms with E-state index in [-0.39, 0.29) is 17.4 Å². The lowest BCUT2D eigenvalue weighted by Gasteiger charge is -2.15. The number of nitrogens with one attached hydrogen (secondary N) is 1. The van der Waals surface area contributed by atoms with Crippen molar-refractivity contribution in [2.24, 2.45) is 5.92 Å². The van der Waals surface area contributed by atoms with Gasteiger partial charge >= 0.3 is 0 Å². The van der Waals surface area contributed by atoms with Gasteiger partial charge in [-0.2, -0.15) is 0 Å². The van der Waals surface area contributed by atoms with Crippen molar-refractivity contribution >= 4 is 20.8 Å². The van der Waals surface area contributed by atoms with E-state index in [1.54, 1.807) is 30.6 Å². The molecule has 1 unspecified atom stereocenters. The van der Waals surface area contributed by atoms with Crippen molar-refractivity contribution in [2.75, 3.05) is 13.2 Å². The van der Waals surface area contributed by atoms with E-state index in [1.807, 2.05) is 13.0 Å². The first kappa shape index (κ1) is 15.9. The molecule has 0 bridgehead atoms. The van der Waals surface area contributed by atoms with Crippen molar-refractivity contribution in [3.8, 4) is 0 Å². The second-order valence-corrected chi connectivity index (χ2v) is 6.73. The highest BCUT2D eigenvalue weighted by atomic mass is 32.2. The molecule has 1 aromatic carbocycles. The Hall–Kier alpha value is -1.50. The molecule has 0 aliphatic heterocycles. The van der Waals surface area contributed by atoms with Crippen LogP contribution in [0.5, 0.6) is 0 Å². The molecule has 0 saturated carbocycles. The van der Waals surface area contributed by atoms with Gasteiger partial charge in [0.15, 0.2) is 0 Å². The first-order valence-electron chi connectivity index (χ1n) is 7.01. The van der Waals surface area contributed by atoms with Gasteiger partial charge in [-0.15, -0.1) is 0 Å². The summed E-state index contributed by atoms with van der Waals surface area (Å²) >= 11 is 0. The summed E-state index contributed by atoms with van der Waals surface area (Å²) in [5, 5.41) is 10.4. The lowest BCUT2D eigenvalue weighted by atomic mass is 10.0. The number of aliphatic hydroxyl groups excluding tert-OH is 1. The molecule has 5 nitrogen and oxygen atoms in total. The molecular formula is C15H20N2O3S. The van der Waals surface area contributed by atoms with Crippen molar-refractivity contribution < 1.29 is 13.5 Å². The number of aliphatic hydroxyl groups is 1. The van der Waals surface area contributed by atoms with Crippen molar-refractivity contribution in [1.29, 1.82) is 0 Å². The van der Waals surface area contributed by atoms with E-state index in [4.69, 9.17) is 5.11 Å². The van der Waals surface area contributed by atoms with Gasteiger partial charge in [0.05, 0.1) is 4.90 Å². The first-order chi connectivity index (χ1) is 10.1. The predicted octanol–water partition coefficient (Wildman–Crippen LogP) is 1.92. The van der Waals surface area contributed by atoms with Crippen LogP contribution < -0.4 is 4.72 Å². The van der Waals surface area contributed by atoms with E-state index in [0.717, 1.165) is 11.8 Å². The quantitative estimate of drug-likeness (QED) is 0.819. The van der Waals surface area contributed by atoms with Crippen LogP contribution in [0.15, 0.2) is 41.6 Å². The van der Waals surface area contributed by atoms with Gasteiger partial charge in [0.1, 0.15) is 0 Å². The van der Waals surface area contributed by atoms with E-state index in [2.05, 4.69) is 9.71 Å². The average Bonchev–Trinajstić information content (AvgIpc) is 2.50. The zero-order chi connectivity index (χ0) is 15.3. The molecule has 1 aromatic heterocycles. The fraction of sp³-hybridized carbons (Fsp3) is 0.400. The monoisotopic (exact) mass is 308 g/mol. The molecular weight excluding hydrogens is 288 g/mol. The number of aromatic nitrogens is 1. The number of fused-ring (bicyclic) bond motifs is 1. The SMILES string of the molecule is CCC(CCO)CNS(=O)(=O)c1cccc2cnccc12. The highest BCUT2D eigenvalue weighted by Crippen LogP contribution is 2.22. The van der Waals surface area contributed by atoms with Crippen LogP contribution in [0.2, 0.25) is 0 Å². The molecule has 0 aliphatic rings. The smallest absolute Gasteiger partial charge is 0.241 e. The molecule has 1 atom stereocenters. The maximum Gasteiger partial charge on any atom is 0.241 e. The lowest BCUT2D eigenvalue weighted by Crippen LogP contribution is -2.29. The first-order valence-corrected chi connectivity index (χ1v) is 8.50. The van der Waals surface area contributed by atoms with Crippen molar-refractivity contribution in [1.82, 2.24) is 9.71 Å². The number of rotatable bonds is 7. The second-order valence-electron chi connectivity index (χ2n) is 4.99. The Morgan fingerprint density at radius 2 is 2.14 bits per heavy atom. The van der Waals surface area contributed by atoms with Crippen molar-refractivity contribution in [3.05, 3.63) is 36.7 Å². The van der Waals surface area contributed by atoms with Gasteiger partial charge in [0.2, 0.25) is 10.0 Å². The van der Waals surface area contributed by atoms with Gasteiger partial charge in [-0.3, -0.25) is 4.98 Å². The fourth-order valence-electron chi connectivity index (χ4n) is 2.27. The van der Waals surface area contributed by atoms with Crippen LogP contribution in [0.4, 0.5) is 0 Å². The molecule has 0 fully saturated rings. The molecule has 2 N–H and O–H groups in total. The van der Waals surface area contributed by atoms with Crippen LogP contribution in [-0.2, 0) is 10.0 Å². The summed E-state index contributed by atoms with van der Waals surface area (Å²) in [6.45, 7) is 2.39. The summed E-state index contributed by atoms with van der Waals surface area (Å²) < 4.78 is 27.6. The second kappa shape index (κ2) is 6.98. The minimum Gasteiger partial charge on any atom is -0.396 e. The predicted molar refractivity (Wildman–Crippen MR) is 82.4 cm³/mol. The molecule has 1 heterocycles. The Morgan fingerprint density at radius 3 is 2.86 bits per heavy atom. The van der Waals surface area contributed by atoms with Gasteiger partial charge in [-0.1, -0.05) is 25.5 Å². The molecule has 6 heteroatoms. The number of nitrogens with zero attached hydrogens (tertiary/aromatic N) is 1. The van der Waals surface area contributed by atoms with Crippen molar-refractivity contribution in [2.45, 2.75) is 24.7 Å². The molecule has 0 amide bonds. The van der Waals surface area contributed by atoms with E-state index >= 15 is 0 Å². The van der Waals surface area contributed by atoms with Gasteiger partial charge in [-0.25, -0.2) is 13.1 Å². The molecule has 2 rings (SSSR count). The van der Waals surface area contributed by atoms with E-state index < -0.39 is 10.0 Å². The molecule has 114 valence electrons. The molecule has 0 aliphatic carbocycles. The molecule has 21 heavy (non-hydrogen) atoms. The number of sulfonamides is 1. The van der Waals surface area contributed by atoms with Crippen LogP contribution in [0.3, 0.4) is 0 Å². The fourth-order valence-corrected chi connectivity index (χ4v) is 3.61.